The van der Waals surface area contributed by atoms with E-state index in [-0.39, 0.29) is 36.2 Å². The number of benzene rings is 1. The third kappa shape index (κ3) is 9.49. The fraction of sp³-hybridized carbons (Fsp3) is 0.462. The van der Waals surface area contributed by atoms with Gasteiger partial charge in [-0.25, -0.2) is 14.3 Å². The molecule has 280 valence electrons. The molecule has 1 unspecified atom stereocenters. The van der Waals surface area contributed by atoms with Crippen LogP contribution in [0.3, 0.4) is 0 Å². The molecular weight excluding hydrogens is 712 g/mol. The van der Waals surface area contributed by atoms with E-state index >= 15 is 0 Å². The first-order chi connectivity index (χ1) is 25.7. The van der Waals surface area contributed by atoms with Crippen LogP contribution in [0.25, 0.3) is 5.00 Å². The van der Waals surface area contributed by atoms with E-state index in [0.29, 0.717) is 30.8 Å². The minimum absolute atomic E-state index is 0.0377. The first-order valence-corrected chi connectivity index (χ1v) is 19.7. The number of carbonyl (C=O) groups excluding carboxylic acids is 3. The third-order valence-electron chi connectivity index (χ3n) is 9.79. The number of fused-ring (bicyclic) bond motifs is 3. The Morgan fingerprint density at radius 1 is 1.00 bits per heavy atom. The molecule has 0 bridgehead atoms. The van der Waals surface area contributed by atoms with Crippen molar-refractivity contribution in [2.75, 3.05) is 18.5 Å². The molecule has 1 aliphatic heterocycles. The Morgan fingerprint density at radius 2 is 1.81 bits per heavy atom. The fourth-order valence-corrected chi connectivity index (χ4v) is 8.11. The van der Waals surface area contributed by atoms with Gasteiger partial charge in [0, 0.05) is 39.9 Å². The Bertz CT molecular complexity index is 1980. The van der Waals surface area contributed by atoms with Crippen LogP contribution in [0.1, 0.15) is 110 Å². The highest BCUT2D eigenvalue weighted by Crippen LogP contribution is 2.40. The van der Waals surface area contributed by atoms with Crippen molar-refractivity contribution < 1.29 is 19.1 Å². The monoisotopic (exact) mass is 758 g/mol. The number of rotatable bonds is 13. The van der Waals surface area contributed by atoms with E-state index < -0.39 is 6.09 Å². The molecule has 2 aliphatic rings. The largest absolute Gasteiger partial charge is 0.449 e. The SMILES string of the molecule is Cc1sc2c(c1C)C(c1ccc(Cl)cc1)=N[C@@H](CCCCCC(=O)Nc1cn(C(=O)OCCCNC(=O)C3CC/C=C/CCC3)cn1)c1nnc(C)n1-2. The minimum atomic E-state index is -0.595. The number of hydrogen-bond donors (Lipinski definition) is 2. The van der Waals surface area contributed by atoms with E-state index in [4.69, 9.17) is 21.3 Å². The molecule has 0 saturated heterocycles. The van der Waals surface area contributed by atoms with E-state index in [1.807, 2.05) is 31.2 Å². The summed E-state index contributed by atoms with van der Waals surface area (Å²) in [4.78, 5) is 48.4. The number of imidazole rings is 1. The molecule has 0 radical (unpaired) electrons. The second-order valence-electron chi connectivity index (χ2n) is 13.7. The second kappa shape index (κ2) is 17.9. The summed E-state index contributed by atoms with van der Waals surface area (Å²) < 4.78 is 8.68. The van der Waals surface area contributed by atoms with Crippen molar-refractivity contribution >= 4 is 52.4 Å². The molecule has 53 heavy (non-hydrogen) atoms. The lowest BCUT2D eigenvalue weighted by atomic mass is 9.93. The number of amides is 2. The van der Waals surface area contributed by atoms with Gasteiger partial charge in [0.2, 0.25) is 11.8 Å². The van der Waals surface area contributed by atoms with Gasteiger partial charge in [0.05, 0.1) is 18.5 Å². The summed E-state index contributed by atoms with van der Waals surface area (Å²) >= 11 is 7.97. The number of aliphatic imine (C=N–C) groups is 1. The summed E-state index contributed by atoms with van der Waals surface area (Å²) in [5.41, 5.74) is 4.23. The molecular formula is C39H47ClN8O4S. The van der Waals surface area contributed by atoms with Crippen LogP contribution in [0.4, 0.5) is 10.6 Å². The topological polar surface area (TPSA) is 145 Å². The molecule has 1 aliphatic carbocycles. The smallest absolute Gasteiger partial charge is 0.419 e. The Balaban J connectivity index is 0.950. The number of carbonyl (C=O) groups is 3. The van der Waals surface area contributed by atoms with E-state index in [1.54, 1.807) is 11.3 Å². The maximum absolute atomic E-state index is 12.7. The highest BCUT2D eigenvalue weighted by atomic mass is 35.5. The number of anilines is 1. The molecule has 0 fully saturated rings. The van der Waals surface area contributed by atoms with Gasteiger partial charge in [0.1, 0.15) is 23.2 Å². The van der Waals surface area contributed by atoms with Gasteiger partial charge in [0.25, 0.3) is 0 Å². The average molecular weight is 759 g/mol. The van der Waals surface area contributed by atoms with Crippen molar-refractivity contribution in [3.05, 3.63) is 87.2 Å². The maximum Gasteiger partial charge on any atom is 0.419 e. The number of nitrogens with zero attached hydrogens (tertiary/aromatic N) is 6. The van der Waals surface area contributed by atoms with Crippen LogP contribution >= 0.6 is 22.9 Å². The van der Waals surface area contributed by atoms with Gasteiger partial charge in [-0.2, -0.15) is 0 Å². The van der Waals surface area contributed by atoms with Gasteiger partial charge in [-0.3, -0.25) is 19.1 Å². The summed E-state index contributed by atoms with van der Waals surface area (Å²) in [6.07, 6.45) is 15.1. The molecule has 3 aromatic heterocycles. The molecule has 2 amide bonds. The lowest BCUT2D eigenvalue weighted by Crippen LogP contribution is -2.32. The van der Waals surface area contributed by atoms with E-state index in [9.17, 15) is 14.4 Å². The molecule has 0 spiro atoms. The average Bonchev–Trinajstić information content (AvgIpc) is 3.80. The predicted molar refractivity (Wildman–Crippen MR) is 207 cm³/mol. The lowest BCUT2D eigenvalue weighted by molar-refractivity contribution is -0.125. The Hall–Kier alpha value is -4.62. The standard InChI is InChI=1S/C39H47ClN8O4S/c1-25-26(2)53-38-34(25)35(28-17-19-30(40)20-18-28)43-31(36-46-45-27(3)48(36)38)15-10-7-11-16-33(49)44-32-23-47(24-42-32)39(51)52-22-12-21-41-37(50)29-13-8-5-4-6-9-14-29/h4-5,17-20,23-24,29,31H,6-16,21-22H2,1-3H3,(H,41,50)(H,44,49)/b5-4+/t29?,31-/m0/s1. The number of halogens is 1. The van der Waals surface area contributed by atoms with Gasteiger partial charge >= 0.3 is 6.09 Å². The molecule has 2 N–H and O–H groups in total. The number of ether oxygens (including phenoxy) is 1. The summed E-state index contributed by atoms with van der Waals surface area (Å²) in [6, 6.07) is 7.61. The summed E-state index contributed by atoms with van der Waals surface area (Å²) in [5, 5.41) is 16.5. The van der Waals surface area contributed by atoms with Gasteiger partial charge < -0.3 is 15.4 Å². The molecule has 12 nitrogen and oxygen atoms in total. The molecule has 1 aromatic carbocycles. The zero-order chi connectivity index (χ0) is 37.3. The lowest BCUT2D eigenvalue weighted by Gasteiger charge is -2.17. The highest BCUT2D eigenvalue weighted by Gasteiger charge is 2.31. The van der Waals surface area contributed by atoms with Gasteiger partial charge in [0.15, 0.2) is 11.6 Å². The van der Waals surface area contributed by atoms with Crippen molar-refractivity contribution in [2.24, 2.45) is 10.9 Å². The van der Waals surface area contributed by atoms with Crippen molar-refractivity contribution in [3.8, 4) is 5.00 Å². The minimum Gasteiger partial charge on any atom is -0.449 e. The normalized spacial score (nSPS) is 17.4. The molecule has 14 heteroatoms. The number of nitrogens with one attached hydrogen (secondary N) is 2. The number of hydrogen-bond acceptors (Lipinski definition) is 9. The number of unbranched alkanes of at least 4 members (excludes halogenated alkanes) is 2. The van der Waals surface area contributed by atoms with Crippen LogP contribution in [-0.2, 0) is 14.3 Å². The number of aryl methyl sites for hydroxylation is 2. The van der Waals surface area contributed by atoms with Gasteiger partial charge in [-0.1, -0.05) is 48.7 Å². The van der Waals surface area contributed by atoms with Crippen LogP contribution in [0.2, 0.25) is 5.02 Å². The van der Waals surface area contributed by atoms with E-state index in [2.05, 4.69) is 56.4 Å². The number of aromatic nitrogens is 5. The molecule has 4 aromatic rings. The van der Waals surface area contributed by atoms with Crippen LogP contribution in [0.15, 0.2) is 53.9 Å². The fourth-order valence-electron chi connectivity index (χ4n) is 6.77. The summed E-state index contributed by atoms with van der Waals surface area (Å²) in [5.74, 6) is 1.86. The molecule has 0 saturated carbocycles. The van der Waals surface area contributed by atoms with Crippen LogP contribution in [-0.4, -0.2) is 61.1 Å². The van der Waals surface area contributed by atoms with Gasteiger partial charge in [-0.05, 0) is 89.8 Å². The summed E-state index contributed by atoms with van der Waals surface area (Å²) in [6.45, 7) is 6.85. The Labute approximate surface area is 319 Å². The van der Waals surface area contributed by atoms with Crippen molar-refractivity contribution in [1.29, 1.82) is 0 Å². The zero-order valence-electron chi connectivity index (χ0n) is 30.6. The second-order valence-corrected chi connectivity index (χ2v) is 15.3. The first kappa shape index (κ1) is 38.1. The number of allylic oxidation sites excluding steroid dienone is 2. The van der Waals surface area contributed by atoms with Crippen LogP contribution in [0, 0.1) is 26.7 Å². The van der Waals surface area contributed by atoms with Crippen LogP contribution in [0.5, 0.6) is 0 Å². The third-order valence-corrected chi connectivity index (χ3v) is 11.2. The van der Waals surface area contributed by atoms with Crippen molar-refractivity contribution in [3.63, 3.8) is 0 Å². The molecule has 4 heterocycles. The van der Waals surface area contributed by atoms with Gasteiger partial charge in [-0.15, -0.1) is 21.5 Å². The quantitative estimate of drug-likeness (QED) is 0.103. The Morgan fingerprint density at radius 3 is 2.64 bits per heavy atom. The van der Waals surface area contributed by atoms with Crippen molar-refractivity contribution in [2.45, 2.75) is 97.4 Å². The molecule has 6 rings (SSSR count). The van der Waals surface area contributed by atoms with Crippen molar-refractivity contribution in [1.82, 2.24) is 29.6 Å². The number of thiophene rings is 1. The predicted octanol–water partition coefficient (Wildman–Crippen LogP) is 8.21. The van der Waals surface area contributed by atoms with E-state index in [1.165, 1.54) is 27.5 Å². The highest BCUT2D eigenvalue weighted by molar-refractivity contribution is 7.15. The molecule has 2 atom stereocenters. The zero-order valence-corrected chi connectivity index (χ0v) is 32.1. The maximum atomic E-state index is 12.7. The summed E-state index contributed by atoms with van der Waals surface area (Å²) in [7, 11) is 0. The Kier molecular flexibility index (Phi) is 12.9. The first-order valence-electron chi connectivity index (χ1n) is 18.5. The van der Waals surface area contributed by atoms with Crippen LogP contribution < -0.4 is 10.6 Å². The van der Waals surface area contributed by atoms with E-state index in [0.717, 1.165) is 84.9 Å².